The first kappa shape index (κ1) is 23.5. The molecule has 34 heavy (non-hydrogen) atoms. The molecule has 1 atom stereocenters. The van der Waals surface area contributed by atoms with Crippen molar-refractivity contribution < 1.29 is 4.79 Å². The summed E-state index contributed by atoms with van der Waals surface area (Å²) >= 11 is 0. The van der Waals surface area contributed by atoms with Crippen molar-refractivity contribution in [2.24, 2.45) is 0 Å². The Hall–Kier alpha value is -3.62. The molecule has 0 radical (unpaired) electrons. The minimum absolute atomic E-state index is 0.0570. The van der Waals surface area contributed by atoms with Crippen LogP contribution in [0.3, 0.4) is 0 Å². The highest BCUT2D eigenvalue weighted by molar-refractivity contribution is 6.01. The zero-order chi connectivity index (χ0) is 23.9. The predicted molar refractivity (Wildman–Crippen MR) is 138 cm³/mol. The molecule has 1 N–H and O–H groups in total. The van der Waals surface area contributed by atoms with E-state index in [0.717, 1.165) is 50.3 Å². The Bertz CT molecular complexity index is 1170. The van der Waals surface area contributed by atoms with Gasteiger partial charge in [-0.2, -0.15) is 5.26 Å². The summed E-state index contributed by atoms with van der Waals surface area (Å²) in [6.07, 6.45) is 0.896. The Morgan fingerprint density at radius 1 is 0.971 bits per heavy atom. The molecule has 5 nitrogen and oxygen atoms in total. The fraction of sp³-hybridized carbons (Fsp3) is 0.310. The smallest absolute Gasteiger partial charge is 0.252 e. The van der Waals surface area contributed by atoms with Crippen molar-refractivity contribution in [1.82, 2.24) is 10.2 Å². The topological polar surface area (TPSA) is 59.4 Å². The highest BCUT2D eigenvalue weighted by Gasteiger charge is 2.20. The third-order valence-electron chi connectivity index (χ3n) is 6.50. The zero-order valence-corrected chi connectivity index (χ0v) is 20.0. The third kappa shape index (κ3) is 5.65. The van der Waals surface area contributed by atoms with Crippen molar-refractivity contribution in [3.63, 3.8) is 0 Å². The number of rotatable bonds is 7. The van der Waals surface area contributed by atoms with E-state index in [0.29, 0.717) is 11.1 Å². The minimum Gasteiger partial charge on any atom is -0.369 e. The van der Waals surface area contributed by atoms with Crippen molar-refractivity contribution in [3.8, 4) is 17.2 Å². The molecule has 174 valence electrons. The van der Waals surface area contributed by atoms with Gasteiger partial charge in [0, 0.05) is 55.6 Å². The number of nitrogens with one attached hydrogen (secondary N) is 1. The molecule has 1 aliphatic heterocycles. The van der Waals surface area contributed by atoms with Crippen LogP contribution in [0.4, 0.5) is 5.69 Å². The van der Waals surface area contributed by atoms with Crippen molar-refractivity contribution in [3.05, 3.63) is 89.5 Å². The summed E-state index contributed by atoms with van der Waals surface area (Å²) in [5.74, 6) is -0.0971. The van der Waals surface area contributed by atoms with E-state index >= 15 is 0 Å². The van der Waals surface area contributed by atoms with Crippen molar-refractivity contribution in [2.45, 2.75) is 26.3 Å². The Morgan fingerprint density at radius 3 is 2.41 bits per heavy atom. The second-order valence-corrected chi connectivity index (χ2v) is 9.03. The van der Waals surface area contributed by atoms with Crippen molar-refractivity contribution in [1.29, 1.82) is 5.26 Å². The average Bonchev–Trinajstić information content (AvgIpc) is 2.87. The predicted octanol–water partition coefficient (Wildman–Crippen LogP) is 4.86. The van der Waals surface area contributed by atoms with E-state index < -0.39 is 0 Å². The maximum atomic E-state index is 13.1. The Kier molecular flexibility index (Phi) is 7.61. The zero-order valence-electron chi connectivity index (χ0n) is 20.0. The molecule has 1 heterocycles. The number of piperazine rings is 1. The third-order valence-corrected chi connectivity index (χ3v) is 6.50. The number of carbonyl (C=O) groups excluding carboxylic acids is 1. The van der Waals surface area contributed by atoms with Crippen LogP contribution in [0.1, 0.15) is 34.8 Å². The SMILES string of the molecule is Cc1cccc(N2CCN(CCC(C)NC(=O)c3ccccc3-c3ccccc3C#N)CC2)c1. The summed E-state index contributed by atoms with van der Waals surface area (Å²) < 4.78 is 0. The molecule has 3 aromatic carbocycles. The van der Waals surface area contributed by atoms with E-state index in [-0.39, 0.29) is 11.9 Å². The van der Waals surface area contributed by atoms with Crippen molar-refractivity contribution >= 4 is 11.6 Å². The number of hydrogen-bond acceptors (Lipinski definition) is 4. The van der Waals surface area contributed by atoms with Gasteiger partial charge in [-0.25, -0.2) is 0 Å². The van der Waals surface area contributed by atoms with E-state index in [1.165, 1.54) is 11.3 Å². The molecule has 4 rings (SSSR count). The maximum absolute atomic E-state index is 13.1. The molecule has 5 heteroatoms. The van der Waals surface area contributed by atoms with Crippen LogP contribution in [0.5, 0.6) is 0 Å². The first-order valence-corrected chi connectivity index (χ1v) is 12.0. The van der Waals surface area contributed by atoms with Gasteiger partial charge in [0.1, 0.15) is 0 Å². The molecule has 0 bridgehead atoms. The Labute approximate surface area is 202 Å². The van der Waals surface area contributed by atoms with Crippen LogP contribution in [0.2, 0.25) is 0 Å². The van der Waals surface area contributed by atoms with E-state index in [9.17, 15) is 10.1 Å². The van der Waals surface area contributed by atoms with Crippen LogP contribution < -0.4 is 10.2 Å². The summed E-state index contributed by atoms with van der Waals surface area (Å²) in [6.45, 7) is 9.27. The van der Waals surface area contributed by atoms with Crippen LogP contribution in [-0.2, 0) is 0 Å². The fourth-order valence-electron chi connectivity index (χ4n) is 4.54. The van der Waals surface area contributed by atoms with Gasteiger partial charge in [-0.1, -0.05) is 48.5 Å². The molecule has 1 amide bonds. The standard InChI is InChI=1S/C29H32N4O/c1-22-8-7-10-25(20-22)33-18-16-32(17-19-33)15-14-23(2)31-29(34)28-13-6-5-12-27(28)26-11-4-3-9-24(26)21-30/h3-13,20,23H,14-19H2,1-2H3,(H,31,34). The lowest BCUT2D eigenvalue weighted by molar-refractivity contribution is 0.0936. The first-order valence-electron chi connectivity index (χ1n) is 12.0. The molecule has 0 aliphatic carbocycles. The molecular formula is C29H32N4O. The lowest BCUT2D eigenvalue weighted by Crippen LogP contribution is -2.47. The lowest BCUT2D eigenvalue weighted by atomic mass is 9.95. The molecule has 0 saturated carbocycles. The summed E-state index contributed by atoms with van der Waals surface area (Å²) in [4.78, 5) is 18.0. The van der Waals surface area contributed by atoms with Crippen LogP contribution >= 0.6 is 0 Å². The number of hydrogen-bond donors (Lipinski definition) is 1. The van der Waals surface area contributed by atoms with E-state index in [4.69, 9.17) is 0 Å². The number of benzene rings is 3. The summed E-state index contributed by atoms with van der Waals surface area (Å²) in [6, 6.07) is 25.9. The van der Waals surface area contributed by atoms with Gasteiger partial charge in [0.05, 0.1) is 11.6 Å². The number of amides is 1. The highest BCUT2D eigenvalue weighted by Crippen LogP contribution is 2.27. The van der Waals surface area contributed by atoms with Crippen molar-refractivity contribution in [2.75, 3.05) is 37.6 Å². The molecule has 0 aromatic heterocycles. The molecule has 1 aliphatic rings. The van der Waals surface area contributed by atoms with Crippen LogP contribution in [0.15, 0.2) is 72.8 Å². The maximum Gasteiger partial charge on any atom is 0.252 e. The average molecular weight is 453 g/mol. The van der Waals surface area contributed by atoms with Crippen LogP contribution in [-0.4, -0.2) is 49.6 Å². The van der Waals surface area contributed by atoms with Gasteiger partial charge in [0.2, 0.25) is 0 Å². The molecule has 1 unspecified atom stereocenters. The van der Waals surface area contributed by atoms with Gasteiger partial charge in [-0.3, -0.25) is 9.69 Å². The largest absolute Gasteiger partial charge is 0.369 e. The van der Waals surface area contributed by atoms with Gasteiger partial charge in [-0.15, -0.1) is 0 Å². The lowest BCUT2D eigenvalue weighted by Gasteiger charge is -2.36. The number of carbonyl (C=O) groups is 1. The van der Waals surface area contributed by atoms with Gasteiger partial charge in [0.25, 0.3) is 5.91 Å². The van der Waals surface area contributed by atoms with Gasteiger partial charge >= 0.3 is 0 Å². The molecule has 3 aromatic rings. The fourth-order valence-corrected chi connectivity index (χ4v) is 4.54. The Balaban J connectivity index is 1.31. The second kappa shape index (κ2) is 11.0. The monoisotopic (exact) mass is 452 g/mol. The van der Waals surface area contributed by atoms with Gasteiger partial charge in [0.15, 0.2) is 0 Å². The number of aryl methyl sites for hydroxylation is 1. The van der Waals surface area contributed by atoms with Crippen LogP contribution in [0, 0.1) is 18.3 Å². The highest BCUT2D eigenvalue weighted by atomic mass is 16.1. The quantitative estimate of drug-likeness (QED) is 0.556. The summed E-state index contributed by atoms with van der Waals surface area (Å²) in [7, 11) is 0. The van der Waals surface area contributed by atoms with Gasteiger partial charge < -0.3 is 10.2 Å². The normalized spacial score (nSPS) is 14.9. The van der Waals surface area contributed by atoms with E-state index in [1.807, 2.05) is 42.5 Å². The number of nitriles is 1. The summed E-state index contributed by atoms with van der Waals surface area (Å²) in [5, 5.41) is 12.6. The minimum atomic E-state index is -0.0971. The van der Waals surface area contributed by atoms with E-state index in [2.05, 4.69) is 59.3 Å². The summed E-state index contributed by atoms with van der Waals surface area (Å²) in [5.41, 5.74) is 5.34. The molecular weight excluding hydrogens is 420 g/mol. The molecule has 0 spiro atoms. The molecule has 1 saturated heterocycles. The molecule has 1 fully saturated rings. The number of anilines is 1. The first-order chi connectivity index (χ1) is 16.5. The number of nitrogens with zero attached hydrogens (tertiary/aromatic N) is 3. The van der Waals surface area contributed by atoms with E-state index in [1.54, 1.807) is 6.07 Å². The second-order valence-electron chi connectivity index (χ2n) is 9.03. The van der Waals surface area contributed by atoms with Crippen LogP contribution in [0.25, 0.3) is 11.1 Å². The Morgan fingerprint density at radius 2 is 1.68 bits per heavy atom. The van der Waals surface area contributed by atoms with Gasteiger partial charge in [-0.05, 0) is 55.7 Å².